The van der Waals surface area contributed by atoms with Crippen molar-refractivity contribution < 1.29 is 0 Å². The summed E-state index contributed by atoms with van der Waals surface area (Å²) in [5.41, 5.74) is 4.86. The average molecular weight is 349 g/mol. The first-order chi connectivity index (χ1) is 13.4. The highest BCUT2D eigenvalue weighted by Crippen LogP contribution is 2.39. The highest BCUT2D eigenvalue weighted by Gasteiger charge is 2.21. The molecule has 130 valence electrons. The van der Waals surface area contributed by atoms with Gasteiger partial charge in [-0.25, -0.2) is 9.97 Å². The summed E-state index contributed by atoms with van der Waals surface area (Å²) in [7, 11) is 0. The van der Waals surface area contributed by atoms with Gasteiger partial charge in [-0.05, 0) is 29.0 Å². The van der Waals surface area contributed by atoms with Crippen LogP contribution in [0.1, 0.15) is 12.5 Å². The van der Waals surface area contributed by atoms with Crippen molar-refractivity contribution in [2.45, 2.75) is 13.3 Å². The van der Waals surface area contributed by atoms with E-state index < -0.39 is 0 Å². The SMILES string of the molecule is CCc1c(-c2ccccc2)n(-c2ncccn2)c2c1ccc1ccccc12. The van der Waals surface area contributed by atoms with E-state index in [4.69, 9.17) is 0 Å². The van der Waals surface area contributed by atoms with Crippen LogP contribution in [0.15, 0.2) is 85.2 Å². The molecular weight excluding hydrogens is 330 g/mol. The topological polar surface area (TPSA) is 30.7 Å². The number of nitrogens with zero attached hydrogens (tertiary/aromatic N) is 3. The van der Waals surface area contributed by atoms with Crippen LogP contribution in [-0.2, 0) is 6.42 Å². The Bertz CT molecular complexity index is 1240. The van der Waals surface area contributed by atoms with Crippen LogP contribution in [0.2, 0.25) is 0 Å². The van der Waals surface area contributed by atoms with Gasteiger partial charge in [-0.2, -0.15) is 0 Å². The molecule has 3 aromatic carbocycles. The normalized spacial score (nSPS) is 11.3. The van der Waals surface area contributed by atoms with Crippen molar-refractivity contribution >= 4 is 21.7 Å². The van der Waals surface area contributed by atoms with E-state index in [1.54, 1.807) is 12.4 Å². The number of rotatable bonds is 3. The quantitative estimate of drug-likeness (QED) is 0.412. The third kappa shape index (κ3) is 2.43. The van der Waals surface area contributed by atoms with Gasteiger partial charge in [0.15, 0.2) is 0 Å². The molecule has 2 aromatic heterocycles. The Morgan fingerprint density at radius 1 is 0.741 bits per heavy atom. The van der Waals surface area contributed by atoms with E-state index in [-0.39, 0.29) is 0 Å². The van der Waals surface area contributed by atoms with E-state index in [2.05, 4.69) is 88.2 Å². The lowest BCUT2D eigenvalue weighted by Gasteiger charge is -2.11. The number of fused-ring (bicyclic) bond motifs is 3. The van der Waals surface area contributed by atoms with E-state index >= 15 is 0 Å². The number of aromatic nitrogens is 3. The Labute approximate surface area is 157 Å². The minimum atomic E-state index is 0.706. The molecule has 0 N–H and O–H groups in total. The molecule has 0 saturated carbocycles. The summed E-state index contributed by atoms with van der Waals surface area (Å²) in [5, 5.41) is 3.71. The number of hydrogen-bond donors (Lipinski definition) is 0. The Hall–Kier alpha value is -3.46. The summed E-state index contributed by atoms with van der Waals surface area (Å²) in [4.78, 5) is 9.18. The van der Waals surface area contributed by atoms with Gasteiger partial charge in [-0.3, -0.25) is 4.57 Å². The first-order valence-electron chi connectivity index (χ1n) is 9.26. The van der Waals surface area contributed by atoms with Crippen LogP contribution in [0.4, 0.5) is 0 Å². The Kier molecular flexibility index (Phi) is 3.72. The molecule has 0 aliphatic carbocycles. The van der Waals surface area contributed by atoms with Gasteiger partial charge in [0, 0.05) is 23.2 Å². The molecule has 3 nitrogen and oxygen atoms in total. The van der Waals surface area contributed by atoms with Crippen LogP contribution in [0.5, 0.6) is 0 Å². The highest BCUT2D eigenvalue weighted by atomic mass is 15.2. The second-order valence-electron chi connectivity index (χ2n) is 6.61. The average Bonchev–Trinajstić information content (AvgIpc) is 3.10. The summed E-state index contributed by atoms with van der Waals surface area (Å²) in [5.74, 6) is 0.706. The monoisotopic (exact) mass is 349 g/mol. The van der Waals surface area contributed by atoms with Crippen LogP contribution in [-0.4, -0.2) is 14.5 Å². The summed E-state index contributed by atoms with van der Waals surface area (Å²) >= 11 is 0. The zero-order valence-electron chi connectivity index (χ0n) is 15.1. The summed E-state index contributed by atoms with van der Waals surface area (Å²) in [6, 6.07) is 25.4. The van der Waals surface area contributed by atoms with Gasteiger partial charge in [0.2, 0.25) is 5.95 Å². The van der Waals surface area contributed by atoms with Gasteiger partial charge in [0.25, 0.3) is 0 Å². The molecule has 0 saturated heterocycles. The van der Waals surface area contributed by atoms with E-state index in [1.165, 1.54) is 38.5 Å². The lowest BCUT2D eigenvalue weighted by atomic mass is 10.0. The molecule has 2 heterocycles. The van der Waals surface area contributed by atoms with Crippen LogP contribution in [0, 0.1) is 0 Å². The van der Waals surface area contributed by atoms with Crippen molar-refractivity contribution in [3.05, 3.63) is 90.8 Å². The molecule has 5 rings (SSSR count). The van der Waals surface area contributed by atoms with Crippen LogP contribution in [0.3, 0.4) is 0 Å². The maximum atomic E-state index is 4.59. The molecule has 0 aliphatic heterocycles. The predicted molar refractivity (Wildman–Crippen MR) is 111 cm³/mol. The smallest absolute Gasteiger partial charge is 0.234 e. The fourth-order valence-corrected chi connectivity index (χ4v) is 3.98. The summed E-state index contributed by atoms with van der Waals surface area (Å²) < 4.78 is 2.23. The van der Waals surface area contributed by atoms with Crippen molar-refractivity contribution in [1.82, 2.24) is 14.5 Å². The molecule has 0 radical (unpaired) electrons. The Morgan fingerprint density at radius 3 is 2.26 bits per heavy atom. The number of aryl methyl sites for hydroxylation is 1. The molecule has 0 aliphatic rings. The molecule has 0 spiro atoms. The molecular formula is C24H19N3. The van der Waals surface area contributed by atoms with E-state index in [9.17, 15) is 0 Å². The maximum Gasteiger partial charge on any atom is 0.234 e. The third-order valence-electron chi connectivity index (χ3n) is 5.11. The van der Waals surface area contributed by atoms with Gasteiger partial charge in [0.1, 0.15) is 0 Å². The van der Waals surface area contributed by atoms with E-state index in [0.29, 0.717) is 5.95 Å². The van der Waals surface area contributed by atoms with E-state index in [0.717, 1.165) is 6.42 Å². The highest BCUT2D eigenvalue weighted by molar-refractivity contribution is 6.10. The molecule has 0 amide bonds. The second kappa shape index (κ2) is 6.36. The van der Waals surface area contributed by atoms with Gasteiger partial charge in [0.05, 0.1) is 11.2 Å². The zero-order valence-corrected chi connectivity index (χ0v) is 15.1. The standard InChI is InChI=1S/C24H19N3/c1-2-19-21-14-13-17-9-6-7-12-20(17)23(21)27(24-25-15-8-16-26-24)22(19)18-10-4-3-5-11-18/h3-16H,2H2,1H3. The number of hydrogen-bond acceptors (Lipinski definition) is 2. The van der Waals surface area contributed by atoms with Crippen molar-refractivity contribution in [3.8, 4) is 17.2 Å². The van der Waals surface area contributed by atoms with Crippen molar-refractivity contribution in [2.75, 3.05) is 0 Å². The van der Waals surface area contributed by atoms with Crippen LogP contribution in [0.25, 0.3) is 38.9 Å². The minimum Gasteiger partial charge on any atom is -0.277 e. The molecule has 0 bridgehead atoms. The first kappa shape index (κ1) is 15.8. The lowest BCUT2D eigenvalue weighted by molar-refractivity contribution is 0.962. The lowest BCUT2D eigenvalue weighted by Crippen LogP contribution is -2.03. The fourth-order valence-electron chi connectivity index (χ4n) is 3.98. The largest absolute Gasteiger partial charge is 0.277 e. The predicted octanol–water partition coefficient (Wildman–Crippen LogP) is 5.80. The molecule has 0 fully saturated rings. The fraction of sp³-hybridized carbons (Fsp3) is 0.0833. The molecule has 0 atom stereocenters. The summed E-state index contributed by atoms with van der Waals surface area (Å²) in [6.07, 6.45) is 4.55. The van der Waals surface area contributed by atoms with Gasteiger partial charge in [-0.15, -0.1) is 0 Å². The van der Waals surface area contributed by atoms with Crippen molar-refractivity contribution in [2.24, 2.45) is 0 Å². The van der Waals surface area contributed by atoms with Crippen molar-refractivity contribution in [1.29, 1.82) is 0 Å². The summed E-state index contributed by atoms with van der Waals surface area (Å²) in [6.45, 7) is 2.21. The molecule has 3 heteroatoms. The van der Waals surface area contributed by atoms with Crippen molar-refractivity contribution in [3.63, 3.8) is 0 Å². The van der Waals surface area contributed by atoms with Gasteiger partial charge < -0.3 is 0 Å². The second-order valence-corrected chi connectivity index (χ2v) is 6.61. The van der Waals surface area contributed by atoms with Crippen LogP contribution < -0.4 is 0 Å². The molecule has 5 aromatic rings. The van der Waals surface area contributed by atoms with Crippen LogP contribution >= 0.6 is 0 Å². The first-order valence-corrected chi connectivity index (χ1v) is 9.26. The van der Waals surface area contributed by atoms with E-state index in [1.807, 2.05) is 6.07 Å². The minimum absolute atomic E-state index is 0.706. The van der Waals surface area contributed by atoms with Gasteiger partial charge >= 0.3 is 0 Å². The third-order valence-corrected chi connectivity index (χ3v) is 5.11. The zero-order chi connectivity index (χ0) is 18.2. The molecule has 27 heavy (non-hydrogen) atoms. The number of benzene rings is 3. The van der Waals surface area contributed by atoms with Gasteiger partial charge in [-0.1, -0.05) is 73.7 Å². The Morgan fingerprint density at radius 2 is 1.48 bits per heavy atom. The Balaban J connectivity index is 2.03. The maximum absolute atomic E-state index is 4.59. The molecule has 0 unspecified atom stereocenters.